The van der Waals surface area contributed by atoms with Gasteiger partial charge in [0, 0.05) is 38.1 Å². The Balaban J connectivity index is 1.30. The van der Waals surface area contributed by atoms with E-state index in [2.05, 4.69) is 26.3 Å². The lowest BCUT2D eigenvalue weighted by Gasteiger charge is -2.36. The number of fused-ring (bicyclic) bond motifs is 1. The number of nitrogens with zero attached hydrogens (tertiary/aromatic N) is 7. The van der Waals surface area contributed by atoms with Crippen molar-refractivity contribution in [1.82, 2.24) is 24.3 Å². The van der Waals surface area contributed by atoms with Gasteiger partial charge in [-0.3, -0.25) is 9.20 Å². The summed E-state index contributed by atoms with van der Waals surface area (Å²) in [6.45, 7) is 4.51. The molecule has 1 atom stereocenters. The number of halogens is 3. The van der Waals surface area contributed by atoms with Gasteiger partial charge in [-0.2, -0.15) is 18.4 Å². The van der Waals surface area contributed by atoms with Crippen molar-refractivity contribution in [2.45, 2.75) is 26.1 Å². The van der Waals surface area contributed by atoms with Gasteiger partial charge in [-0.1, -0.05) is 12.1 Å². The van der Waals surface area contributed by atoms with E-state index in [1.165, 1.54) is 6.20 Å². The predicted octanol–water partition coefficient (Wildman–Crippen LogP) is 4.36. The maximum absolute atomic E-state index is 12.7. The number of pyridine rings is 1. The highest BCUT2D eigenvalue weighted by molar-refractivity contribution is 5.82. The summed E-state index contributed by atoms with van der Waals surface area (Å²) in [4.78, 5) is 27.7. The van der Waals surface area contributed by atoms with E-state index in [-0.39, 0.29) is 19.1 Å². The first-order valence-corrected chi connectivity index (χ1v) is 12.9. The minimum Gasteiger partial charge on any atom is -0.493 e. The molecule has 4 heterocycles. The van der Waals surface area contributed by atoms with Gasteiger partial charge < -0.3 is 19.9 Å². The quantitative estimate of drug-likeness (QED) is 0.368. The number of anilines is 2. The van der Waals surface area contributed by atoms with E-state index in [1.54, 1.807) is 13.3 Å². The number of carbonyl (C=O) groups is 1. The largest absolute Gasteiger partial charge is 0.493 e. The number of ether oxygens (including phenoxy) is 1. The summed E-state index contributed by atoms with van der Waals surface area (Å²) in [6.07, 6.45) is 0.107. The van der Waals surface area contributed by atoms with Crippen LogP contribution >= 0.6 is 0 Å². The summed E-state index contributed by atoms with van der Waals surface area (Å²) in [6, 6.07) is 11.5. The fraction of sp³-hybridized carbons (Fsp3) is 0.321. The highest BCUT2D eigenvalue weighted by Crippen LogP contribution is 2.30. The Morgan fingerprint density at radius 1 is 1.10 bits per heavy atom. The molecule has 1 aromatic carbocycles. The van der Waals surface area contributed by atoms with Crippen LogP contribution in [0.2, 0.25) is 0 Å². The average molecular weight is 565 g/mol. The van der Waals surface area contributed by atoms with Crippen molar-refractivity contribution in [3.8, 4) is 23.2 Å². The van der Waals surface area contributed by atoms with Gasteiger partial charge in [-0.15, -0.1) is 0 Å². The molecule has 10 nitrogen and oxygen atoms in total. The molecule has 1 amide bonds. The van der Waals surface area contributed by atoms with E-state index >= 15 is 0 Å². The molecule has 1 aliphatic heterocycles. The van der Waals surface area contributed by atoms with Crippen LogP contribution in [-0.2, 0) is 4.79 Å². The van der Waals surface area contributed by atoms with Gasteiger partial charge >= 0.3 is 12.1 Å². The summed E-state index contributed by atoms with van der Waals surface area (Å²) in [5.74, 6) is -0.828. The van der Waals surface area contributed by atoms with Crippen LogP contribution in [0.3, 0.4) is 0 Å². The second kappa shape index (κ2) is 11.0. The summed E-state index contributed by atoms with van der Waals surface area (Å²) in [5, 5.41) is 13.0. The molecule has 13 heteroatoms. The molecule has 1 aliphatic rings. The summed E-state index contributed by atoms with van der Waals surface area (Å²) >= 11 is 0. The SMILES string of the molecule is COc1c(C)ccn2c(-c3nc(N[C@@H](C)c4ccc(N5CCN(C(=O)C(F)(F)F)CC5)cc4)ncc3C#N)cnc12. The maximum atomic E-state index is 12.7. The van der Waals surface area contributed by atoms with Crippen molar-refractivity contribution in [3.63, 3.8) is 0 Å². The van der Waals surface area contributed by atoms with Gasteiger partial charge in [0.2, 0.25) is 5.95 Å². The van der Waals surface area contributed by atoms with Crippen LogP contribution in [0.25, 0.3) is 17.0 Å². The number of nitrogens with one attached hydrogen (secondary N) is 1. The van der Waals surface area contributed by atoms with Gasteiger partial charge in [0.15, 0.2) is 11.4 Å². The number of hydrogen-bond acceptors (Lipinski definition) is 8. The maximum Gasteiger partial charge on any atom is 0.471 e. The van der Waals surface area contributed by atoms with Crippen LogP contribution in [0, 0.1) is 18.3 Å². The third kappa shape index (κ3) is 5.45. The molecule has 0 spiro atoms. The van der Waals surface area contributed by atoms with Gasteiger partial charge in [0.25, 0.3) is 0 Å². The molecule has 0 saturated carbocycles. The van der Waals surface area contributed by atoms with Crippen LogP contribution in [0.4, 0.5) is 24.8 Å². The number of piperazine rings is 1. The fourth-order valence-electron chi connectivity index (χ4n) is 4.87. The molecule has 212 valence electrons. The van der Waals surface area contributed by atoms with Gasteiger partial charge in [0.1, 0.15) is 11.8 Å². The third-order valence-corrected chi connectivity index (χ3v) is 7.10. The zero-order valence-electron chi connectivity index (χ0n) is 22.6. The standard InChI is InChI=1S/C28H27F3N8O2/c1-17-8-9-39-22(16-33-25(39)24(17)41-3)23-20(14-32)15-34-27(36-23)35-18(2)19-4-6-21(7-5-19)37-10-12-38(13-11-37)26(40)28(29,30)31/h4-9,15-16,18H,10-13H2,1-3H3,(H,34,35,36)/t18-/m0/s1. The number of hydrogen-bond donors (Lipinski definition) is 1. The van der Waals surface area contributed by atoms with E-state index in [0.717, 1.165) is 21.7 Å². The molecule has 1 fully saturated rings. The number of benzene rings is 1. The van der Waals surface area contributed by atoms with Crippen LogP contribution < -0.4 is 15.0 Å². The molecule has 5 rings (SSSR count). The summed E-state index contributed by atoms with van der Waals surface area (Å²) in [5.41, 5.74) is 4.68. The molecule has 41 heavy (non-hydrogen) atoms. The van der Waals surface area contributed by atoms with Gasteiger partial charge in [0.05, 0.1) is 36.8 Å². The molecule has 1 saturated heterocycles. The number of alkyl halides is 3. The minimum atomic E-state index is -4.86. The van der Waals surface area contributed by atoms with Crippen molar-refractivity contribution in [2.75, 3.05) is 43.5 Å². The highest BCUT2D eigenvalue weighted by atomic mass is 19.4. The minimum absolute atomic E-state index is 0.00921. The van der Waals surface area contributed by atoms with Crippen molar-refractivity contribution >= 4 is 23.2 Å². The number of amides is 1. The average Bonchev–Trinajstić information content (AvgIpc) is 3.40. The Kier molecular flexibility index (Phi) is 7.40. The number of nitriles is 1. The summed E-state index contributed by atoms with van der Waals surface area (Å²) in [7, 11) is 1.58. The predicted molar refractivity (Wildman–Crippen MR) is 146 cm³/mol. The van der Waals surface area contributed by atoms with E-state index in [1.807, 2.05) is 59.7 Å². The number of imidazole rings is 1. The normalized spacial score (nSPS) is 14.6. The first-order chi connectivity index (χ1) is 19.6. The Morgan fingerprint density at radius 3 is 2.44 bits per heavy atom. The second-order valence-electron chi connectivity index (χ2n) is 9.67. The molecule has 1 N–H and O–H groups in total. The Hall–Kier alpha value is -4.86. The monoisotopic (exact) mass is 564 g/mol. The lowest BCUT2D eigenvalue weighted by molar-refractivity contribution is -0.185. The van der Waals surface area contributed by atoms with Gasteiger partial charge in [-0.05, 0) is 43.2 Å². The number of carbonyl (C=O) groups excluding carboxylic acids is 1. The lowest BCUT2D eigenvalue weighted by atomic mass is 10.1. The van der Waals surface area contributed by atoms with Crippen molar-refractivity contribution < 1.29 is 22.7 Å². The van der Waals surface area contributed by atoms with E-state index in [4.69, 9.17) is 4.74 Å². The third-order valence-electron chi connectivity index (χ3n) is 7.10. The molecule has 0 bridgehead atoms. The fourth-order valence-corrected chi connectivity index (χ4v) is 4.87. The lowest BCUT2D eigenvalue weighted by Crippen LogP contribution is -2.52. The second-order valence-corrected chi connectivity index (χ2v) is 9.67. The van der Waals surface area contributed by atoms with E-state index in [9.17, 15) is 23.2 Å². The topological polar surface area (TPSA) is 112 Å². The molecular weight excluding hydrogens is 537 g/mol. The highest BCUT2D eigenvalue weighted by Gasteiger charge is 2.43. The first-order valence-electron chi connectivity index (χ1n) is 12.9. The molecule has 0 unspecified atom stereocenters. The number of aromatic nitrogens is 4. The number of rotatable bonds is 6. The number of aryl methyl sites for hydroxylation is 1. The van der Waals surface area contributed by atoms with Crippen LogP contribution in [0.1, 0.15) is 29.7 Å². The Bertz CT molecular complexity index is 1620. The van der Waals surface area contributed by atoms with Crippen LogP contribution in [0.15, 0.2) is 48.9 Å². The molecule has 4 aromatic rings. The molecule has 0 aliphatic carbocycles. The number of methoxy groups -OCH3 is 1. The van der Waals surface area contributed by atoms with E-state index < -0.39 is 12.1 Å². The van der Waals surface area contributed by atoms with Crippen LogP contribution in [0.5, 0.6) is 5.75 Å². The molecule has 3 aromatic heterocycles. The zero-order chi connectivity index (χ0) is 29.3. The van der Waals surface area contributed by atoms with Crippen LogP contribution in [-0.4, -0.2) is 69.6 Å². The zero-order valence-corrected chi connectivity index (χ0v) is 22.6. The molecule has 0 radical (unpaired) electrons. The van der Waals surface area contributed by atoms with Crippen molar-refractivity contribution in [1.29, 1.82) is 5.26 Å². The van der Waals surface area contributed by atoms with Crippen molar-refractivity contribution in [2.24, 2.45) is 0 Å². The Labute approximate surface area is 234 Å². The summed E-state index contributed by atoms with van der Waals surface area (Å²) < 4.78 is 45.5. The smallest absolute Gasteiger partial charge is 0.471 e. The van der Waals surface area contributed by atoms with Gasteiger partial charge in [-0.25, -0.2) is 15.0 Å². The Morgan fingerprint density at radius 2 is 1.80 bits per heavy atom. The van der Waals surface area contributed by atoms with E-state index in [0.29, 0.717) is 47.4 Å². The van der Waals surface area contributed by atoms with Crippen molar-refractivity contribution in [3.05, 3.63) is 65.6 Å². The first kappa shape index (κ1) is 27.7. The molecular formula is C28H27F3N8O2.